The number of hydrogen-bond donors (Lipinski definition) is 0. The van der Waals surface area contributed by atoms with Gasteiger partial charge in [-0.25, -0.2) is 9.18 Å². The third-order valence-corrected chi connectivity index (χ3v) is 2.81. The lowest BCUT2D eigenvalue weighted by molar-refractivity contribution is -0.137. The monoisotopic (exact) mass is 308 g/mol. The Hall–Kier alpha value is -0.940. The number of Topliss-reactive ketones (excluding diaryl/α,β-unsaturated/α-hetero) is 1. The van der Waals surface area contributed by atoms with Crippen molar-refractivity contribution in [3.05, 3.63) is 33.0 Å². The second-order valence-corrected chi connectivity index (χ2v) is 3.97. The Balaban J connectivity index is 3.10. The lowest BCUT2D eigenvalue weighted by atomic mass is 10.1. The number of benzene rings is 1. The molecule has 0 aliphatic carbocycles. The smallest absolute Gasteiger partial charge is 0.379 e. The van der Waals surface area contributed by atoms with Crippen molar-refractivity contribution < 1.29 is 18.7 Å². The average molecular weight is 310 g/mol. The van der Waals surface area contributed by atoms with Crippen LogP contribution in [0, 0.1) is 5.82 Å². The van der Waals surface area contributed by atoms with Crippen LogP contribution in [0.3, 0.4) is 0 Å². The van der Waals surface area contributed by atoms with E-state index in [1.807, 2.05) is 0 Å². The van der Waals surface area contributed by atoms with Crippen molar-refractivity contribution in [3.63, 3.8) is 0 Å². The highest BCUT2D eigenvalue weighted by molar-refractivity contribution is 9.10. The summed E-state index contributed by atoms with van der Waals surface area (Å²) in [6.45, 7) is 1.65. The van der Waals surface area contributed by atoms with Crippen LogP contribution in [0.5, 0.6) is 0 Å². The zero-order chi connectivity index (χ0) is 12.3. The molecule has 1 rings (SSSR count). The van der Waals surface area contributed by atoms with Crippen LogP contribution in [-0.4, -0.2) is 18.4 Å². The Morgan fingerprint density at radius 3 is 2.69 bits per heavy atom. The molecule has 0 radical (unpaired) electrons. The minimum atomic E-state index is -1.02. The van der Waals surface area contributed by atoms with Crippen LogP contribution in [0.2, 0.25) is 5.02 Å². The highest BCUT2D eigenvalue weighted by Gasteiger charge is 2.22. The average Bonchev–Trinajstić information content (AvgIpc) is 2.26. The fourth-order valence-corrected chi connectivity index (χ4v) is 1.81. The molecular formula is C10H7BrClFO3. The van der Waals surface area contributed by atoms with E-state index >= 15 is 0 Å². The van der Waals surface area contributed by atoms with Gasteiger partial charge in [0.15, 0.2) is 5.82 Å². The Kier molecular flexibility index (Phi) is 4.44. The fraction of sp³-hybridized carbons (Fsp3) is 0.200. The van der Waals surface area contributed by atoms with Crippen LogP contribution < -0.4 is 0 Å². The van der Waals surface area contributed by atoms with E-state index in [2.05, 4.69) is 20.7 Å². The van der Waals surface area contributed by atoms with E-state index in [0.29, 0.717) is 0 Å². The molecule has 0 spiro atoms. The number of carbonyl (C=O) groups excluding carboxylic acids is 2. The molecule has 1 aromatic carbocycles. The van der Waals surface area contributed by atoms with E-state index < -0.39 is 17.6 Å². The van der Waals surface area contributed by atoms with Crippen LogP contribution in [0.4, 0.5) is 4.39 Å². The van der Waals surface area contributed by atoms with Gasteiger partial charge in [0.2, 0.25) is 0 Å². The Labute approximate surface area is 105 Å². The molecule has 0 aliphatic heterocycles. The van der Waals surface area contributed by atoms with Gasteiger partial charge in [-0.3, -0.25) is 4.79 Å². The Morgan fingerprint density at radius 2 is 2.12 bits per heavy atom. The van der Waals surface area contributed by atoms with Gasteiger partial charge in [0.05, 0.1) is 16.1 Å². The molecule has 0 saturated heterocycles. The number of rotatable bonds is 3. The molecular weight excluding hydrogens is 302 g/mol. The summed E-state index contributed by atoms with van der Waals surface area (Å²) in [7, 11) is 0. The minimum absolute atomic E-state index is 0.0816. The van der Waals surface area contributed by atoms with Crippen molar-refractivity contribution in [1.82, 2.24) is 0 Å². The van der Waals surface area contributed by atoms with Gasteiger partial charge in [-0.05, 0) is 35.0 Å². The van der Waals surface area contributed by atoms with E-state index in [4.69, 9.17) is 11.6 Å². The fourth-order valence-electron chi connectivity index (χ4n) is 1.01. The molecule has 0 aromatic heterocycles. The molecule has 16 heavy (non-hydrogen) atoms. The number of hydrogen-bond acceptors (Lipinski definition) is 3. The van der Waals surface area contributed by atoms with Crippen LogP contribution in [0.15, 0.2) is 16.6 Å². The van der Waals surface area contributed by atoms with Gasteiger partial charge in [-0.2, -0.15) is 0 Å². The van der Waals surface area contributed by atoms with E-state index in [-0.39, 0.29) is 21.7 Å². The van der Waals surface area contributed by atoms with E-state index in [9.17, 15) is 14.0 Å². The summed E-state index contributed by atoms with van der Waals surface area (Å²) in [4.78, 5) is 22.6. The van der Waals surface area contributed by atoms with Crippen molar-refractivity contribution in [2.75, 3.05) is 6.61 Å². The van der Waals surface area contributed by atoms with Gasteiger partial charge in [-0.15, -0.1) is 0 Å². The second-order valence-electron chi connectivity index (χ2n) is 2.77. The van der Waals surface area contributed by atoms with Crippen LogP contribution >= 0.6 is 27.5 Å². The second kappa shape index (κ2) is 5.41. The number of esters is 1. The molecule has 3 nitrogen and oxygen atoms in total. The zero-order valence-electron chi connectivity index (χ0n) is 8.22. The molecule has 0 atom stereocenters. The lowest BCUT2D eigenvalue weighted by Crippen LogP contribution is -2.18. The first kappa shape index (κ1) is 13.1. The quantitative estimate of drug-likeness (QED) is 0.373. The van der Waals surface area contributed by atoms with Crippen molar-refractivity contribution in [1.29, 1.82) is 0 Å². The van der Waals surface area contributed by atoms with E-state index in [1.165, 1.54) is 12.1 Å². The first-order chi connectivity index (χ1) is 7.49. The third-order valence-electron chi connectivity index (χ3n) is 1.74. The molecule has 0 bridgehead atoms. The predicted octanol–water partition coefficient (Wildman–Crippen LogP) is 2.99. The Bertz CT molecular complexity index is 448. The molecule has 0 aliphatic rings. The van der Waals surface area contributed by atoms with Gasteiger partial charge >= 0.3 is 5.97 Å². The van der Waals surface area contributed by atoms with Gasteiger partial charge in [0.1, 0.15) is 0 Å². The Morgan fingerprint density at radius 1 is 1.50 bits per heavy atom. The maximum Gasteiger partial charge on any atom is 0.379 e. The number of halogens is 3. The maximum absolute atomic E-state index is 13.3. The minimum Gasteiger partial charge on any atom is -0.460 e. The molecule has 0 amide bonds. The summed E-state index contributed by atoms with van der Waals surface area (Å²) in [5, 5.41) is -0.132. The summed E-state index contributed by atoms with van der Waals surface area (Å²) in [5.74, 6) is -2.72. The summed E-state index contributed by atoms with van der Waals surface area (Å²) in [6, 6.07) is 2.46. The van der Waals surface area contributed by atoms with Crippen molar-refractivity contribution >= 4 is 39.3 Å². The highest BCUT2D eigenvalue weighted by Crippen LogP contribution is 2.27. The molecule has 1 aromatic rings. The highest BCUT2D eigenvalue weighted by atomic mass is 79.9. The van der Waals surface area contributed by atoms with Gasteiger partial charge in [0.25, 0.3) is 5.78 Å². The molecule has 0 unspecified atom stereocenters. The molecule has 0 saturated carbocycles. The molecule has 0 N–H and O–H groups in total. The first-order valence-corrected chi connectivity index (χ1v) is 5.51. The SMILES string of the molecule is CCOC(=O)C(=O)c1ccc(Cl)c(F)c1Br. The van der Waals surface area contributed by atoms with Crippen molar-refractivity contribution in [2.45, 2.75) is 6.92 Å². The molecule has 0 fully saturated rings. The maximum atomic E-state index is 13.3. The summed E-state index contributed by atoms with van der Waals surface area (Å²) in [6.07, 6.45) is 0. The molecule has 6 heteroatoms. The largest absolute Gasteiger partial charge is 0.460 e. The summed E-state index contributed by atoms with van der Waals surface area (Å²) < 4.78 is 17.7. The van der Waals surface area contributed by atoms with Gasteiger partial charge in [-0.1, -0.05) is 11.6 Å². The third kappa shape index (κ3) is 2.59. The zero-order valence-corrected chi connectivity index (χ0v) is 10.6. The van der Waals surface area contributed by atoms with Gasteiger partial charge in [0, 0.05) is 5.56 Å². The van der Waals surface area contributed by atoms with Crippen molar-refractivity contribution in [3.8, 4) is 0 Å². The lowest BCUT2D eigenvalue weighted by Gasteiger charge is -2.05. The van der Waals surface area contributed by atoms with Crippen LogP contribution in [0.25, 0.3) is 0 Å². The molecule has 86 valence electrons. The first-order valence-electron chi connectivity index (χ1n) is 4.34. The number of ketones is 1. The van der Waals surface area contributed by atoms with E-state index in [1.54, 1.807) is 6.92 Å². The number of ether oxygens (including phenoxy) is 1. The summed E-state index contributed by atoms with van der Waals surface area (Å²) in [5.41, 5.74) is -0.111. The number of carbonyl (C=O) groups is 2. The predicted molar refractivity (Wildman–Crippen MR) is 60.1 cm³/mol. The van der Waals surface area contributed by atoms with Crippen LogP contribution in [0.1, 0.15) is 17.3 Å². The van der Waals surface area contributed by atoms with Crippen molar-refractivity contribution in [2.24, 2.45) is 0 Å². The molecule has 0 heterocycles. The normalized spacial score (nSPS) is 10.0. The summed E-state index contributed by atoms with van der Waals surface area (Å²) >= 11 is 8.36. The topological polar surface area (TPSA) is 43.4 Å². The van der Waals surface area contributed by atoms with E-state index in [0.717, 1.165) is 0 Å². The standard InChI is InChI=1S/C10H7BrClFO3/c1-2-16-10(15)9(14)5-3-4-6(12)8(13)7(5)11/h3-4H,2H2,1H3. The van der Waals surface area contributed by atoms with Crippen LogP contribution in [-0.2, 0) is 9.53 Å². The van der Waals surface area contributed by atoms with Gasteiger partial charge < -0.3 is 4.74 Å².